The van der Waals surface area contributed by atoms with Gasteiger partial charge in [-0.2, -0.15) is 0 Å². The number of rotatable bonds is 7. The number of hydrogen-bond donors (Lipinski definition) is 1. The molecule has 0 aliphatic carbocycles. The first-order chi connectivity index (χ1) is 8.63. The zero-order chi connectivity index (χ0) is 13.4. The van der Waals surface area contributed by atoms with Gasteiger partial charge in [0.15, 0.2) is 5.78 Å². The van der Waals surface area contributed by atoms with Crippen molar-refractivity contribution in [2.45, 2.75) is 45.6 Å². The number of carbonyl (C=O) groups excluding carboxylic acids is 1. The van der Waals surface area contributed by atoms with Crippen molar-refractivity contribution < 1.29 is 9.90 Å². The van der Waals surface area contributed by atoms with Crippen LogP contribution in [-0.4, -0.2) is 17.0 Å². The normalized spacial score (nSPS) is 12.8. The predicted molar refractivity (Wildman–Crippen MR) is 75.6 cm³/mol. The van der Waals surface area contributed by atoms with Crippen LogP contribution in [0.3, 0.4) is 0 Å². The van der Waals surface area contributed by atoms with Crippen molar-refractivity contribution in [1.82, 2.24) is 0 Å². The maximum Gasteiger partial charge on any atom is 0.159 e. The largest absolute Gasteiger partial charge is 0.389 e. The number of unbranched alkanes of at least 4 members (excludes halogenated alkanes) is 2. The van der Waals surface area contributed by atoms with Crippen molar-refractivity contribution in [2.24, 2.45) is 0 Å². The van der Waals surface area contributed by atoms with Crippen molar-refractivity contribution in [1.29, 1.82) is 0 Å². The molecule has 98 valence electrons. The highest BCUT2D eigenvalue weighted by atomic mass is 16.3. The van der Waals surface area contributed by atoms with Crippen LogP contribution in [0.5, 0.6) is 0 Å². The second-order valence-corrected chi connectivity index (χ2v) is 4.60. The molecule has 1 N–H and O–H groups in total. The van der Waals surface area contributed by atoms with Gasteiger partial charge in [-0.25, -0.2) is 0 Å². The van der Waals surface area contributed by atoms with E-state index in [0.29, 0.717) is 0 Å². The Morgan fingerprint density at radius 1 is 1.28 bits per heavy atom. The molecule has 0 aliphatic rings. The molecule has 1 atom stereocenters. The van der Waals surface area contributed by atoms with E-state index in [-0.39, 0.29) is 11.9 Å². The van der Waals surface area contributed by atoms with Gasteiger partial charge in [0.2, 0.25) is 0 Å². The molecule has 2 heteroatoms. The minimum Gasteiger partial charge on any atom is -0.389 e. The van der Waals surface area contributed by atoms with E-state index in [4.69, 9.17) is 0 Å². The number of aliphatic hydroxyl groups is 1. The van der Waals surface area contributed by atoms with Gasteiger partial charge < -0.3 is 5.11 Å². The fraction of sp³-hybridized carbons (Fsp3) is 0.438. The Bertz CT molecular complexity index is 390. The van der Waals surface area contributed by atoms with E-state index >= 15 is 0 Å². The topological polar surface area (TPSA) is 37.3 Å². The lowest BCUT2D eigenvalue weighted by Gasteiger charge is -2.04. The molecule has 1 aromatic carbocycles. The minimum atomic E-state index is -0.371. The maximum atomic E-state index is 11.1. The molecule has 0 heterocycles. The Morgan fingerprint density at radius 3 is 2.50 bits per heavy atom. The molecule has 2 nitrogen and oxygen atoms in total. The van der Waals surface area contributed by atoms with Gasteiger partial charge in [-0.3, -0.25) is 4.79 Å². The van der Waals surface area contributed by atoms with Crippen LogP contribution < -0.4 is 0 Å². The average molecular weight is 246 g/mol. The number of ketones is 1. The molecule has 0 amide bonds. The summed E-state index contributed by atoms with van der Waals surface area (Å²) in [5.41, 5.74) is 1.73. The van der Waals surface area contributed by atoms with Crippen molar-refractivity contribution in [2.75, 3.05) is 0 Å². The lowest BCUT2D eigenvalue weighted by Crippen LogP contribution is -2.01. The first-order valence-electron chi connectivity index (χ1n) is 6.60. The molecular formula is C16H22O2. The van der Waals surface area contributed by atoms with Crippen molar-refractivity contribution in [3.8, 4) is 0 Å². The van der Waals surface area contributed by atoms with E-state index in [1.54, 1.807) is 6.92 Å². The first kappa shape index (κ1) is 14.7. The van der Waals surface area contributed by atoms with Crippen LogP contribution in [0.4, 0.5) is 0 Å². The zero-order valence-electron chi connectivity index (χ0n) is 11.2. The smallest absolute Gasteiger partial charge is 0.159 e. The standard InChI is InChI=1S/C16H22O2/c1-3-4-5-6-16(18)12-9-14-7-10-15(11-8-14)13(2)17/h7-12,16,18H,3-6H2,1-2H3/b12-9+. The van der Waals surface area contributed by atoms with Crippen LogP contribution in [0.1, 0.15) is 55.5 Å². The molecule has 0 saturated carbocycles. The number of hydrogen-bond acceptors (Lipinski definition) is 2. The molecule has 1 aromatic rings. The van der Waals surface area contributed by atoms with E-state index in [9.17, 15) is 9.90 Å². The highest BCUT2D eigenvalue weighted by Gasteiger charge is 1.99. The molecule has 0 saturated heterocycles. The average Bonchev–Trinajstić information content (AvgIpc) is 2.37. The molecule has 0 bridgehead atoms. The molecular weight excluding hydrogens is 224 g/mol. The van der Waals surface area contributed by atoms with E-state index in [0.717, 1.165) is 30.4 Å². The van der Waals surface area contributed by atoms with Crippen molar-refractivity contribution >= 4 is 11.9 Å². The lowest BCUT2D eigenvalue weighted by molar-refractivity contribution is 0.101. The summed E-state index contributed by atoms with van der Waals surface area (Å²) in [6.07, 6.45) is 7.56. The second-order valence-electron chi connectivity index (χ2n) is 4.60. The number of aliphatic hydroxyl groups excluding tert-OH is 1. The molecule has 1 unspecified atom stereocenters. The molecule has 0 spiro atoms. The summed E-state index contributed by atoms with van der Waals surface area (Å²) >= 11 is 0. The third-order valence-corrected chi connectivity index (χ3v) is 2.93. The van der Waals surface area contributed by atoms with Crippen molar-refractivity contribution in [3.05, 3.63) is 41.5 Å². The van der Waals surface area contributed by atoms with E-state index < -0.39 is 0 Å². The Morgan fingerprint density at radius 2 is 1.94 bits per heavy atom. The predicted octanol–water partition coefficient (Wildman–Crippen LogP) is 3.84. The van der Waals surface area contributed by atoms with E-state index in [2.05, 4.69) is 6.92 Å². The molecule has 18 heavy (non-hydrogen) atoms. The van der Waals surface area contributed by atoms with Crippen LogP contribution >= 0.6 is 0 Å². The third kappa shape index (κ3) is 5.28. The third-order valence-electron chi connectivity index (χ3n) is 2.93. The lowest BCUT2D eigenvalue weighted by atomic mass is 10.1. The summed E-state index contributed by atoms with van der Waals surface area (Å²) in [6, 6.07) is 7.41. The van der Waals surface area contributed by atoms with Gasteiger partial charge in [-0.1, -0.05) is 62.6 Å². The van der Waals surface area contributed by atoms with Gasteiger partial charge in [-0.15, -0.1) is 0 Å². The Labute approximate surface area is 109 Å². The number of carbonyl (C=O) groups is 1. The van der Waals surface area contributed by atoms with Crippen LogP contribution in [0.15, 0.2) is 30.3 Å². The zero-order valence-corrected chi connectivity index (χ0v) is 11.2. The van der Waals surface area contributed by atoms with Gasteiger partial charge in [-0.05, 0) is 18.9 Å². The fourth-order valence-electron chi connectivity index (χ4n) is 1.75. The van der Waals surface area contributed by atoms with Crippen LogP contribution in [-0.2, 0) is 0 Å². The summed E-state index contributed by atoms with van der Waals surface area (Å²) in [5, 5.41) is 9.74. The highest BCUT2D eigenvalue weighted by Crippen LogP contribution is 2.09. The van der Waals surface area contributed by atoms with Gasteiger partial charge in [0.25, 0.3) is 0 Å². The van der Waals surface area contributed by atoms with Gasteiger partial charge >= 0.3 is 0 Å². The molecule has 0 radical (unpaired) electrons. The minimum absolute atomic E-state index is 0.0742. The van der Waals surface area contributed by atoms with E-state index in [1.807, 2.05) is 36.4 Å². The van der Waals surface area contributed by atoms with Crippen LogP contribution in [0.2, 0.25) is 0 Å². The summed E-state index contributed by atoms with van der Waals surface area (Å²) in [4.78, 5) is 11.1. The van der Waals surface area contributed by atoms with Gasteiger partial charge in [0.05, 0.1) is 6.10 Å². The monoisotopic (exact) mass is 246 g/mol. The van der Waals surface area contributed by atoms with Crippen LogP contribution in [0, 0.1) is 0 Å². The van der Waals surface area contributed by atoms with Gasteiger partial charge in [0.1, 0.15) is 0 Å². The second kappa shape index (κ2) is 7.83. The molecule has 1 rings (SSSR count). The van der Waals surface area contributed by atoms with E-state index in [1.165, 1.54) is 6.42 Å². The van der Waals surface area contributed by atoms with Gasteiger partial charge in [0, 0.05) is 5.56 Å². The summed E-state index contributed by atoms with van der Waals surface area (Å²) in [7, 11) is 0. The Kier molecular flexibility index (Phi) is 6.37. The fourth-order valence-corrected chi connectivity index (χ4v) is 1.75. The molecule has 0 aromatic heterocycles. The SMILES string of the molecule is CCCCCC(O)/C=C/c1ccc(C(C)=O)cc1. The first-order valence-corrected chi connectivity index (χ1v) is 6.60. The van der Waals surface area contributed by atoms with Crippen molar-refractivity contribution in [3.63, 3.8) is 0 Å². The maximum absolute atomic E-state index is 11.1. The summed E-state index contributed by atoms with van der Waals surface area (Å²) in [5.74, 6) is 0.0742. The quantitative estimate of drug-likeness (QED) is 0.586. The van der Waals surface area contributed by atoms with Crippen LogP contribution in [0.25, 0.3) is 6.08 Å². The number of benzene rings is 1. The highest BCUT2D eigenvalue weighted by molar-refractivity contribution is 5.94. The summed E-state index contributed by atoms with van der Waals surface area (Å²) < 4.78 is 0. The molecule has 0 fully saturated rings. The number of Topliss-reactive ketones (excluding diaryl/α,β-unsaturated/α-hetero) is 1. The Hall–Kier alpha value is -1.41. The Balaban J connectivity index is 2.48. The summed E-state index contributed by atoms with van der Waals surface area (Å²) in [6.45, 7) is 3.71. The molecule has 0 aliphatic heterocycles.